The fourth-order valence-corrected chi connectivity index (χ4v) is 3.35. The van der Waals surface area contributed by atoms with E-state index in [1.54, 1.807) is 0 Å². The zero-order valence-electron chi connectivity index (χ0n) is 11.6. The number of fused-ring (bicyclic) bond motifs is 1. The van der Waals surface area contributed by atoms with Crippen LogP contribution in [0, 0.1) is 0 Å². The quantitative estimate of drug-likeness (QED) is 0.809. The van der Waals surface area contributed by atoms with Crippen LogP contribution < -0.4 is 4.90 Å². The van der Waals surface area contributed by atoms with Crippen molar-refractivity contribution >= 4 is 17.0 Å². The Kier molecular flexibility index (Phi) is 2.60. The predicted molar refractivity (Wildman–Crippen MR) is 80.0 cm³/mol. The molecule has 2 fully saturated rings. The summed E-state index contributed by atoms with van der Waals surface area (Å²) in [4.78, 5) is 10.4. The van der Waals surface area contributed by atoms with Gasteiger partial charge in [0, 0.05) is 13.1 Å². The molecule has 1 aromatic carbocycles. The van der Waals surface area contributed by atoms with Crippen LogP contribution in [0.4, 0.5) is 5.95 Å². The Morgan fingerprint density at radius 1 is 1.25 bits per heavy atom. The number of rotatable bonds is 1. The molecule has 4 nitrogen and oxygen atoms in total. The lowest BCUT2D eigenvalue weighted by molar-refractivity contribution is -0.0143. The van der Waals surface area contributed by atoms with E-state index in [-0.39, 0.29) is 5.60 Å². The van der Waals surface area contributed by atoms with E-state index >= 15 is 0 Å². The van der Waals surface area contributed by atoms with E-state index in [9.17, 15) is 0 Å². The van der Waals surface area contributed by atoms with Crippen LogP contribution in [0.25, 0.3) is 11.0 Å². The molecular formula is C16H19N3O. The maximum Gasteiger partial charge on any atom is 0.203 e. The molecule has 104 valence electrons. The highest BCUT2D eigenvalue weighted by atomic mass is 16.5. The lowest BCUT2D eigenvalue weighted by atomic mass is 9.88. The first-order valence-corrected chi connectivity index (χ1v) is 7.24. The first-order chi connectivity index (χ1) is 9.74. The molecule has 0 bridgehead atoms. The average molecular weight is 269 g/mol. The Morgan fingerprint density at radius 3 is 2.75 bits per heavy atom. The number of hydrogen-bond donors (Lipinski definition) is 1. The van der Waals surface area contributed by atoms with Gasteiger partial charge in [0.2, 0.25) is 5.95 Å². The van der Waals surface area contributed by atoms with E-state index in [1.807, 2.05) is 18.2 Å². The summed E-state index contributed by atoms with van der Waals surface area (Å²) in [7, 11) is 0. The lowest BCUT2D eigenvalue weighted by Crippen LogP contribution is -2.44. The predicted octanol–water partition coefficient (Wildman–Crippen LogP) is 2.88. The van der Waals surface area contributed by atoms with Crippen molar-refractivity contribution in [1.29, 1.82) is 0 Å². The van der Waals surface area contributed by atoms with Gasteiger partial charge in [-0.2, -0.15) is 0 Å². The number of nitrogens with one attached hydrogen (secondary N) is 1. The van der Waals surface area contributed by atoms with Gasteiger partial charge >= 0.3 is 0 Å². The highest BCUT2D eigenvalue weighted by molar-refractivity contribution is 5.77. The number of aromatic amines is 1. The largest absolute Gasteiger partial charge is 0.370 e. The minimum absolute atomic E-state index is 0.0552. The van der Waals surface area contributed by atoms with Crippen molar-refractivity contribution < 1.29 is 4.74 Å². The second kappa shape index (κ2) is 4.35. The van der Waals surface area contributed by atoms with Crippen molar-refractivity contribution in [3.63, 3.8) is 0 Å². The second-order valence-electron chi connectivity index (χ2n) is 5.96. The number of piperidine rings is 1. The van der Waals surface area contributed by atoms with Crippen molar-refractivity contribution in [2.24, 2.45) is 0 Å². The third-order valence-corrected chi connectivity index (χ3v) is 4.51. The molecule has 1 spiro atoms. The molecule has 2 aromatic rings. The fraction of sp³-hybridized carbons (Fsp3) is 0.438. The number of nitrogens with zero attached hydrogens (tertiary/aromatic N) is 2. The van der Waals surface area contributed by atoms with E-state index in [1.165, 1.54) is 5.57 Å². The molecule has 0 amide bonds. The number of para-hydroxylation sites is 2. The highest BCUT2D eigenvalue weighted by Gasteiger charge is 2.40. The summed E-state index contributed by atoms with van der Waals surface area (Å²) >= 11 is 0. The molecule has 0 aliphatic carbocycles. The fourth-order valence-electron chi connectivity index (χ4n) is 3.35. The van der Waals surface area contributed by atoms with Crippen LogP contribution >= 0.6 is 0 Å². The summed E-state index contributed by atoms with van der Waals surface area (Å²) < 4.78 is 5.98. The van der Waals surface area contributed by atoms with Gasteiger partial charge in [-0.15, -0.1) is 0 Å². The molecule has 2 aliphatic rings. The Hall–Kier alpha value is -1.81. The van der Waals surface area contributed by atoms with E-state index in [4.69, 9.17) is 4.74 Å². The maximum absolute atomic E-state index is 5.98. The number of benzene rings is 1. The second-order valence-corrected chi connectivity index (χ2v) is 5.96. The third kappa shape index (κ3) is 1.91. The van der Waals surface area contributed by atoms with E-state index in [0.29, 0.717) is 0 Å². The SMILES string of the molecule is C=C1COC2(CCN(c3nc4ccccc4[nH]3)CC2)C1. The lowest BCUT2D eigenvalue weighted by Gasteiger charge is -2.38. The smallest absolute Gasteiger partial charge is 0.203 e. The van der Waals surface area contributed by atoms with Gasteiger partial charge in [0.15, 0.2) is 0 Å². The van der Waals surface area contributed by atoms with Gasteiger partial charge < -0.3 is 14.6 Å². The van der Waals surface area contributed by atoms with Crippen molar-refractivity contribution in [3.8, 4) is 0 Å². The molecular weight excluding hydrogens is 250 g/mol. The van der Waals surface area contributed by atoms with Crippen molar-refractivity contribution in [2.45, 2.75) is 24.9 Å². The molecule has 0 radical (unpaired) electrons. The van der Waals surface area contributed by atoms with Crippen LogP contribution in [-0.4, -0.2) is 35.3 Å². The number of anilines is 1. The molecule has 3 heterocycles. The summed E-state index contributed by atoms with van der Waals surface area (Å²) in [6.07, 6.45) is 3.15. The summed E-state index contributed by atoms with van der Waals surface area (Å²) in [6, 6.07) is 8.18. The molecule has 0 saturated carbocycles. The molecule has 0 atom stereocenters. The van der Waals surface area contributed by atoms with Gasteiger partial charge in [0.05, 0.1) is 23.2 Å². The number of ether oxygens (including phenoxy) is 1. The number of hydrogen-bond acceptors (Lipinski definition) is 3. The van der Waals surface area contributed by atoms with Crippen LogP contribution in [0.3, 0.4) is 0 Å². The third-order valence-electron chi connectivity index (χ3n) is 4.51. The number of H-pyrrole nitrogens is 1. The first kappa shape index (κ1) is 12.0. The van der Waals surface area contributed by atoms with Crippen molar-refractivity contribution in [2.75, 3.05) is 24.6 Å². The Bertz CT molecular complexity index is 620. The van der Waals surface area contributed by atoms with Gasteiger partial charge in [0.25, 0.3) is 0 Å². The standard InChI is InChI=1S/C16H19N3O/c1-12-10-16(20-11-12)6-8-19(9-7-16)15-17-13-4-2-3-5-14(13)18-15/h2-5H,1,6-11H2,(H,17,18). The van der Waals surface area contributed by atoms with Gasteiger partial charge in [-0.05, 0) is 37.0 Å². The average Bonchev–Trinajstić information content (AvgIpc) is 3.04. The Balaban J connectivity index is 1.52. The van der Waals surface area contributed by atoms with Gasteiger partial charge in [-0.25, -0.2) is 4.98 Å². The Morgan fingerprint density at radius 2 is 2.05 bits per heavy atom. The maximum atomic E-state index is 5.98. The van der Waals surface area contributed by atoms with Crippen molar-refractivity contribution in [3.05, 3.63) is 36.4 Å². The first-order valence-electron chi connectivity index (χ1n) is 7.24. The van der Waals surface area contributed by atoms with Crippen LogP contribution in [0.5, 0.6) is 0 Å². The van der Waals surface area contributed by atoms with Crippen LogP contribution in [0.1, 0.15) is 19.3 Å². The molecule has 1 N–H and O–H groups in total. The zero-order chi connectivity index (χ0) is 13.6. The Labute approximate surface area is 118 Å². The summed E-state index contributed by atoms with van der Waals surface area (Å²) in [5, 5.41) is 0. The normalized spacial score (nSPS) is 22.0. The monoisotopic (exact) mass is 269 g/mol. The van der Waals surface area contributed by atoms with Crippen LogP contribution in [-0.2, 0) is 4.74 Å². The van der Waals surface area contributed by atoms with E-state index in [2.05, 4.69) is 27.5 Å². The summed E-state index contributed by atoms with van der Waals surface area (Å²) in [6.45, 7) is 6.78. The van der Waals surface area contributed by atoms with E-state index < -0.39 is 0 Å². The van der Waals surface area contributed by atoms with Crippen LogP contribution in [0.2, 0.25) is 0 Å². The number of aromatic nitrogens is 2. The zero-order valence-corrected chi connectivity index (χ0v) is 11.6. The molecule has 4 rings (SSSR count). The molecule has 4 heteroatoms. The van der Waals surface area contributed by atoms with Gasteiger partial charge in [0.1, 0.15) is 0 Å². The summed E-state index contributed by atoms with van der Waals surface area (Å²) in [5.74, 6) is 0.984. The summed E-state index contributed by atoms with van der Waals surface area (Å²) in [5.41, 5.74) is 3.43. The highest BCUT2D eigenvalue weighted by Crippen LogP contribution is 2.38. The molecule has 2 saturated heterocycles. The molecule has 20 heavy (non-hydrogen) atoms. The molecule has 2 aliphatic heterocycles. The van der Waals surface area contributed by atoms with Crippen LogP contribution in [0.15, 0.2) is 36.4 Å². The van der Waals surface area contributed by atoms with Gasteiger partial charge in [-0.1, -0.05) is 18.7 Å². The number of imidazole rings is 1. The minimum atomic E-state index is 0.0552. The molecule has 0 unspecified atom stereocenters. The van der Waals surface area contributed by atoms with E-state index in [0.717, 1.165) is 55.9 Å². The van der Waals surface area contributed by atoms with Crippen molar-refractivity contribution in [1.82, 2.24) is 9.97 Å². The topological polar surface area (TPSA) is 41.1 Å². The van der Waals surface area contributed by atoms with Gasteiger partial charge in [-0.3, -0.25) is 0 Å². The molecule has 1 aromatic heterocycles. The minimum Gasteiger partial charge on any atom is -0.370 e.